The third-order valence-corrected chi connectivity index (χ3v) is 4.05. The van der Waals surface area contributed by atoms with Gasteiger partial charge in [-0.05, 0) is 24.2 Å². The van der Waals surface area contributed by atoms with Crippen molar-refractivity contribution in [2.24, 2.45) is 23.7 Å². The highest BCUT2D eigenvalue weighted by Crippen LogP contribution is 2.23. The Kier molecular flexibility index (Phi) is 5.63. The van der Waals surface area contributed by atoms with Crippen LogP contribution in [0.4, 0.5) is 4.79 Å². The van der Waals surface area contributed by atoms with E-state index in [-0.39, 0.29) is 18.5 Å². The molecule has 0 aromatic carbocycles. The van der Waals surface area contributed by atoms with Crippen LogP contribution in [-0.2, 0) is 4.79 Å². The highest BCUT2D eigenvalue weighted by atomic mass is 16.4. The third-order valence-electron chi connectivity index (χ3n) is 4.05. The number of nitrogens with zero attached hydrogens (tertiary/aromatic N) is 1. The summed E-state index contributed by atoms with van der Waals surface area (Å²) in [6.45, 7) is 9.81. The molecule has 0 saturated carbocycles. The second-order valence-electron chi connectivity index (χ2n) is 6.11. The molecular weight excluding hydrogens is 244 g/mol. The van der Waals surface area contributed by atoms with Gasteiger partial charge in [0.15, 0.2) is 0 Å². The fourth-order valence-electron chi connectivity index (χ4n) is 2.43. The number of urea groups is 1. The van der Waals surface area contributed by atoms with Crippen molar-refractivity contribution in [2.45, 2.75) is 34.1 Å². The number of carbonyl (C=O) groups is 2. The van der Waals surface area contributed by atoms with Crippen molar-refractivity contribution in [1.29, 1.82) is 0 Å². The van der Waals surface area contributed by atoms with Crippen molar-refractivity contribution in [3.63, 3.8) is 0 Å². The second-order valence-corrected chi connectivity index (χ2v) is 6.11. The predicted molar refractivity (Wildman–Crippen MR) is 73.9 cm³/mol. The molecule has 0 spiro atoms. The SMILES string of the molecule is CC(C)C1CCN(C(=O)NCC(C(=O)O)C(C)C)C1. The second kappa shape index (κ2) is 6.78. The highest BCUT2D eigenvalue weighted by Gasteiger charge is 2.29. The molecule has 5 nitrogen and oxygen atoms in total. The van der Waals surface area contributed by atoms with Crippen LogP contribution >= 0.6 is 0 Å². The molecule has 0 aliphatic carbocycles. The number of hydrogen-bond donors (Lipinski definition) is 2. The van der Waals surface area contributed by atoms with Gasteiger partial charge in [-0.25, -0.2) is 4.79 Å². The molecule has 0 radical (unpaired) electrons. The van der Waals surface area contributed by atoms with Crippen LogP contribution in [-0.4, -0.2) is 41.6 Å². The van der Waals surface area contributed by atoms with E-state index in [1.165, 1.54) is 0 Å². The first-order valence-electron chi connectivity index (χ1n) is 7.08. The van der Waals surface area contributed by atoms with Gasteiger partial charge in [0.25, 0.3) is 0 Å². The standard InChI is InChI=1S/C14H26N2O3/c1-9(2)11-5-6-16(8-11)14(19)15-7-12(10(3)4)13(17)18/h9-12H,5-8H2,1-4H3,(H,15,19)(H,17,18). The number of rotatable bonds is 5. The highest BCUT2D eigenvalue weighted by molar-refractivity contribution is 5.76. The number of hydrogen-bond acceptors (Lipinski definition) is 2. The van der Waals surface area contributed by atoms with Gasteiger partial charge in [-0.15, -0.1) is 0 Å². The molecule has 1 heterocycles. The van der Waals surface area contributed by atoms with Crippen LogP contribution < -0.4 is 5.32 Å². The summed E-state index contributed by atoms with van der Waals surface area (Å²) in [5.74, 6) is -0.213. The van der Waals surface area contributed by atoms with Crippen molar-refractivity contribution >= 4 is 12.0 Å². The van der Waals surface area contributed by atoms with E-state index in [9.17, 15) is 9.59 Å². The fourth-order valence-corrected chi connectivity index (χ4v) is 2.43. The molecule has 2 atom stereocenters. The van der Waals surface area contributed by atoms with E-state index < -0.39 is 11.9 Å². The van der Waals surface area contributed by atoms with Crippen LogP contribution in [0, 0.1) is 23.7 Å². The molecule has 1 aliphatic heterocycles. The molecule has 2 N–H and O–H groups in total. The number of nitrogens with one attached hydrogen (secondary N) is 1. The van der Waals surface area contributed by atoms with Gasteiger partial charge in [0.2, 0.25) is 0 Å². The van der Waals surface area contributed by atoms with E-state index in [1.54, 1.807) is 4.90 Å². The van der Waals surface area contributed by atoms with Crippen LogP contribution in [0.2, 0.25) is 0 Å². The molecule has 1 saturated heterocycles. The Morgan fingerprint density at radius 3 is 2.37 bits per heavy atom. The number of carboxylic acids is 1. The van der Waals surface area contributed by atoms with Crippen molar-refractivity contribution in [3.05, 3.63) is 0 Å². The summed E-state index contributed by atoms with van der Waals surface area (Å²) in [6, 6.07) is -0.130. The molecule has 1 fully saturated rings. The summed E-state index contributed by atoms with van der Waals surface area (Å²) < 4.78 is 0. The van der Waals surface area contributed by atoms with Crippen molar-refractivity contribution in [2.75, 3.05) is 19.6 Å². The maximum atomic E-state index is 12.0. The summed E-state index contributed by atoms with van der Waals surface area (Å²) in [6.07, 6.45) is 1.04. The topological polar surface area (TPSA) is 69.6 Å². The number of amides is 2. The lowest BCUT2D eigenvalue weighted by molar-refractivity contribution is -0.142. The van der Waals surface area contributed by atoms with Crippen LogP contribution in [0.15, 0.2) is 0 Å². The Labute approximate surface area is 115 Å². The number of likely N-dealkylation sites (tertiary alicyclic amines) is 1. The average molecular weight is 270 g/mol. The fraction of sp³-hybridized carbons (Fsp3) is 0.857. The summed E-state index contributed by atoms with van der Waals surface area (Å²) in [4.78, 5) is 24.8. The molecule has 0 aromatic rings. The van der Waals surface area contributed by atoms with Crippen LogP contribution in [0.3, 0.4) is 0 Å². The average Bonchev–Trinajstić information content (AvgIpc) is 2.77. The molecule has 110 valence electrons. The van der Waals surface area contributed by atoms with E-state index in [2.05, 4.69) is 19.2 Å². The first-order chi connectivity index (χ1) is 8.82. The Morgan fingerprint density at radius 2 is 1.95 bits per heavy atom. The first-order valence-corrected chi connectivity index (χ1v) is 7.08. The van der Waals surface area contributed by atoms with Gasteiger partial charge in [-0.3, -0.25) is 4.79 Å². The molecular formula is C14H26N2O3. The zero-order chi connectivity index (χ0) is 14.6. The Hall–Kier alpha value is -1.26. The van der Waals surface area contributed by atoms with Gasteiger partial charge in [0.05, 0.1) is 5.92 Å². The van der Waals surface area contributed by atoms with Crippen LogP contribution in [0.1, 0.15) is 34.1 Å². The number of carboxylic acid groups (broad SMARTS) is 1. The summed E-state index contributed by atoms with van der Waals surface area (Å²) in [5, 5.41) is 11.8. The summed E-state index contributed by atoms with van der Waals surface area (Å²) >= 11 is 0. The maximum Gasteiger partial charge on any atom is 0.317 e. The zero-order valence-corrected chi connectivity index (χ0v) is 12.3. The normalized spacial score (nSPS) is 20.9. The van der Waals surface area contributed by atoms with E-state index in [0.29, 0.717) is 11.8 Å². The Morgan fingerprint density at radius 1 is 1.32 bits per heavy atom. The minimum Gasteiger partial charge on any atom is -0.481 e. The summed E-state index contributed by atoms with van der Waals surface area (Å²) in [7, 11) is 0. The van der Waals surface area contributed by atoms with E-state index >= 15 is 0 Å². The molecule has 1 aliphatic rings. The third kappa shape index (κ3) is 4.40. The van der Waals surface area contributed by atoms with Gasteiger partial charge in [0.1, 0.15) is 0 Å². The van der Waals surface area contributed by atoms with E-state index in [1.807, 2.05) is 13.8 Å². The lowest BCUT2D eigenvalue weighted by atomic mass is 9.95. The van der Waals surface area contributed by atoms with Gasteiger partial charge in [-0.1, -0.05) is 27.7 Å². The van der Waals surface area contributed by atoms with Crippen molar-refractivity contribution < 1.29 is 14.7 Å². The first kappa shape index (κ1) is 15.8. The molecule has 5 heteroatoms. The molecule has 2 unspecified atom stereocenters. The predicted octanol–water partition coefficient (Wildman–Crippen LogP) is 2.03. The molecule has 0 bridgehead atoms. The van der Waals surface area contributed by atoms with Gasteiger partial charge in [0, 0.05) is 19.6 Å². The largest absolute Gasteiger partial charge is 0.481 e. The lowest BCUT2D eigenvalue weighted by Gasteiger charge is -2.21. The van der Waals surface area contributed by atoms with E-state index in [4.69, 9.17) is 5.11 Å². The molecule has 1 rings (SSSR count). The van der Waals surface area contributed by atoms with E-state index in [0.717, 1.165) is 19.5 Å². The number of carbonyl (C=O) groups excluding carboxylic acids is 1. The van der Waals surface area contributed by atoms with Crippen molar-refractivity contribution in [3.8, 4) is 0 Å². The van der Waals surface area contributed by atoms with Gasteiger partial charge >= 0.3 is 12.0 Å². The summed E-state index contributed by atoms with van der Waals surface area (Å²) in [5.41, 5.74) is 0. The molecule has 0 aromatic heterocycles. The number of aliphatic carboxylic acids is 1. The van der Waals surface area contributed by atoms with Crippen LogP contribution in [0.25, 0.3) is 0 Å². The lowest BCUT2D eigenvalue weighted by Crippen LogP contribution is -2.43. The molecule has 2 amide bonds. The van der Waals surface area contributed by atoms with Gasteiger partial charge in [-0.2, -0.15) is 0 Å². The minimum atomic E-state index is -0.850. The maximum absolute atomic E-state index is 12.0. The monoisotopic (exact) mass is 270 g/mol. The smallest absolute Gasteiger partial charge is 0.317 e. The van der Waals surface area contributed by atoms with Crippen molar-refractivity contribution in [1.82, 2.24) is 10.2 Å². The quantitative estimate of drug-likeness (QED) is 0.803. The minimum absolute atomic E-state index is 0.0137. The Balaban J connectivity index is 2.42. The van der Waals surface area contributed by atoms with Crippen LogP contribution in [0.5, 0.6) is 0 Å². The molecule has 19 heavy (non-hydrogen) atoms. The van der Waals surface area contributed by atoms with Gasteiger partial charge < -0.3 is 15.3 Å². The zero-order valence-electron chi connectivity index (χ0n) is 12.3. The Bertz CT molecular complexity index is 329.